The highest BCUT2D eigenvalue weighted by Gasteiger charge is 2.16. The van der Waals surface area contributed by atoms with Gasteiger partial charge in [0.05, 0.1) is 18.0 Å². The molecule has 1 atom stereocenters. The summed E-state index contributed by atoms with van der Waals surface area (Å²) in [5.74, 6) is 1.30. The van der Waals surface area contributed by atoms with E-state index in [2.05, 4.69) is 16.9 Å². The van der Waals surface area contributed by atoms with E-state index in [1.807, 2.05) is 13.1 Å². The molecule has 1 aliphatic rings. The number of thioether (sulfide) groups is 1. The second-order valence-corrected chi connectivity index (χ2v) is 5.51. The quantitative estimate of drug-likeness (QED) is 0.853. The Hall–Kier alpha value is -0.480. The first-order chi connectivity index (χ1) is 7.29. The lowest BCUT2D eigenvalue weighted by atomic mass is 10.1. The van der Waals surface area contributed by atoms with Crippen molar-refractivity contribution in [1.82, 2.24) is 9.78 Å². The van der Waals surface area contributed by atoms with E-state index in [1.54, 1.807) is 4.68 Å². The maximum Gasteiger partial charge on any atom is 0.0849 e. The molecule has 0 amide bonds. The van der Waals surface area contributed by atoms with Crippen LogP contribution in [0.4, 0.5) is 0 Å². The summed E-state index contributed by atoms with van der Waals surface area (Å²) >= 11 is 2.07. The van der Waals surface area contributed by atoms with Crippen LogP contribution in [0.25, 0.3) is 0 Å². The second-order valence-electron chi connectivity index (χ2n) is 4.10. The molecule has 0 radical (unpaired) electrons. The molecule has 1 aromatic rings. The molecule has 2 heterocycles. The van der Waals surface area contributed by atoms with E-state index in [1.165, 1.54) is 25.0 Å². The Morgan fingerprint density at radius 3 is 3.07 bits per heavy atom. The lowest BCUT2D eigenvalue weighted by Crippen LogP contribution is -2.12. The van der Waals surface area contributed by atoms with Gasteiger partial charge in [-0.05, 0) is 24.7 Å². The van der Waals surface area contributed by atoms with Gasteiger partial charge in [-0.15, -0.1) is 0 Å². The molecule has 1 unspecified atom stereocenters. The van der Waals surface area contributed by atoms with Crippen LogP contribution in [-0.4, -0.2) is 25.9 Å². The average molecular weight is 226 g/mol. The van der Waals surface area contributed by atoms with Crippen LogP contribution in [0.3, 0.4) is 0 Å². The number of rotatable bonds is 3. The van der Waals surface area contributed by atoms with Crippen molar-refractivity contribution in [2.75, 3.05) is 5.75 Å². The predicted octanol–water partition coefficient (Wildman–Crippen LogP) is 1.74. The number of aliphatic hydroxyl groups excluding tert-OH is 1. The normalized spacial score (nSPS) is 21.9. The molecule has 4 heteroatoms. The van der Waals surface area contributed by atoms with E-state index in [9.17, 15) is 0 Å². The van der Waals surface area contributed by atoms with Crippen molar-refractivity contribution in [3.05, 3.63) is 17.5 Å². The largest absolute Gasteiger partial charge is 0.390 e. The van der Waals surface area contributed by atoms with Crippen LogP contribution in [0.15, 0.2) is 6.07 Å². The van der Waals surface area contributed by atoms with Crippen molar-refractivity contribution in [3.63, 3.8) is 0 Å². The summed E-state index contributed by atoms with van der Waals surface area (Å²) in [7, 11) is 1.89. The lowest BCUT2D eigenvalue weighted by molar-refractivity contribution is 0.270. The molecule has 0 bridgehead atoms. The van der Waals surface area contributed by atoms with E-state index in [-0.39, 0.29) is 6.61 Å². The SMILES string of the molecule is Cn1nc(CC2CCCCS2)cc1CO. The van der Waals surface area contributed by atoms with Crippen molar-refractivity contribution in [3.8, 4) is 0 Å². The molecule has 2 rings (SSSR count). The topological polar surface area (TPSA) is 38.0 Å². The van der Waals surface area contributed by atoms with Crippen molar-refractivity contribution in [2.45, 2.75) is 37.5 Å². The Bertz CT molecular complexity index is 318. The lowest BCUT2D eigenvalue weighted by Gasteiger charge is -2.19. The zero-order chi connectivity index (χ0) is 10.7. The van der Waals surface area contributed by atoms with Gasteiger partial charge < -0.3 is 5.11 Å². The van der Waals surface area contributed by atoms with Crippen LogP contribution in [0.1, 0.15) is 30.7 Å². The van der Waals surface area contributed by atoms with Crippen molar-refractivity contribution in [1.29, 1.82) is 0 Å². The fourth-order valence-corrected chi connectivity index (χ4v) is 3.35. The van der Waals surface area contributed by atoms with Crippen LogP contribution < -0.4 is 0 Å². The number of aryl methyl sites for hydroxylation is 1. The summed E-state index contributed by atoms with van der Waals surface area (Å²) in [6.45, 7) is 0.0846. The molecule has 3 nitrogen and oxygen atoms in total. The molecule has 0 aromatic carbocycles. The standard InChI is InChI=1S/C11H18N2OS/c1-13-10(8-14)6-9(12-13)7-11-4-2-3-5-15-11/h6,11,14H,2-5,7-8H2,1H3. The predicted molar refractivity (Wildman–Crippen MR) is 62.9 cm³/mol. The highest BCUT2D eigenvalue weighted by atomic mass is 32.2. The third kappa shape index (κ3) is 2.75. The van der Waals surface area contributed by atoms with Crippen molar-refractivity contribution < 1.29 is 5.11 Å². The summed E-state index contributed by atoms with van der Waals surface area (Å²) in [6.07, 6.45) is 5.09. The molecule has 1 aromatic heterocycles. The Kier molecular flexibility index (Phi) is 3.70. The first-order valence-electron chi connectivity index (χ1n) is 5.54. The summed E-state index contributed by atoms with van der Waals surface area (Å²) in [4.78, 5) is 0. The highest BCUT2D eigenvalue weighted by Crippen LogP contribution is 2.27. The first-order valence-corrected chi connectivity index (χ1v) is 6.58. The molecule has 0 aliphatic carbocycles. The minimum atomic E-state index is 0.0846. The van der Waals surface area contributed by atoms with E-state index in [0.717, 1.165) is 23.1 Å². The molecule has 1 saturated heterocycles. The minimum absolute atomic E-state index is 0.0846. The monoisotopic (exact) mass is 226 g/mol. The van der Waals surface area contributed by atoms with Crippen molar-refractivity contribution >= 4 is 11.8 Å². The molecule has 1 N–H and O–H groups in total. The van der Waals surface area contributed by atoms with Gasteiger partial charge in [-0.25, -0.2) is 0 Å². The molecular formula is C11H18N2OS. The Balaban J connectivity index is 1.97. The van der Waals surface area contributed by atoms with E-state index < -0.39 is 0 Å². The van der Waals surface area contributed by atoms with Gasteiger partial charge in [-0.1, -0.05) is 6.42 Å². The summed E-state index contributed by atoms with van der Waals surface area (Å²) in [6, 6.07) is 2.02. The summed E-state index contributed by atoms with van der Waals surface area (Å²) in [5.41, 5.74) is 2.03. The van der Waals surface area contributed by atoms with Gasteiger partial charge in [0.15, 0.2) is 0 Å². The van der Waals surface area contributed by atoms with Gasteiger partial charge in [-0.2, -0.15) is 16.9 Å². The van der Waals surface area contributed by atoms with Gasteiger partial charge in [0.25, 0.3) is 0 Å². The fourth-order valence-electron chi connectivity index (χ4n) is 2.02. The number of hydrogen-bond acceptors (Lipinski definition) is 3. The third-order valence-corrected chi connectivity index (χ3v) is 4.30. The summed E-state index contributed by atoms with van der Waals surface area (Å²) < 4.78 is 1.78. The van der Waals surface area contributed by atoms with Crippen molar-refractivity contribution in [2.24, 2.45) is 7.05 Å². The van der Waals surface area contributed by atoms with Crippen LogP contribution >= 0.6 is 11.8 Å². The highest BCUT2D eigenvalue weighted by molar-refractivity contribution is 7.99. The van der Waals surface area contributed by atoms with E-state index in [0.29, 0.717) is 0 Å². The number of aliphatic hydroxyl groups is 1. The summed E-state index contributed by atoms with van der Waals surface area (Å²) in [5, 5.41) is 14.2. The fraction of sp³-hybridized carbons (Fsp3) is 0.727. The molecule has 0 saturated carbocycles. The van der Waals surface area contributed by atoms with Gasteiger partial charge in [0.1, 0.15) is 0 Å². The molecule has 1 fully saturated rings. The van der Waals surface area contributed by atoms with Gasteiger partial charge in [0.2, 0.25) is 0 Å². The molecule has 15 heavy (non-hydrogen) atoms. The Labute approximate surface area is 94.9 Å². The van der Waals surface area contributed by atoms with E-state index >= 15 is 0 Å². The Morgan fingerprint density at radius 1 is 1.60 bits per heavy atom. The van der Waals surface area contributed by atoms with Gasteiger partial charge >= 0.3 is 0 Å². The number of nitrogens with zero attached hydrogens (tertiary/aromatic N) is 2. The van der Waals surface area contributed by atoms with Crippen LogP contribution in [-0.2, 0) is 20.1 Å². The first kappa shape index (κ1) is 11.0. The molecule has 1 aliphatic heterocycles. The van der Waals surface area contributed by atoms with Crippen LogP contribution in [0.5, 0.6) is 0 Å². The van der Waals surface area contributed by atoms with Gasteiger partial charge in [-0.3, -0.25) is 4.68 Å². The van der Waals surface area contributed by atoms with E-state index in [4.69, 9.17) is 5.11 Å². The Morgan fingerprint density at radius 2 is 2.47 bits per heavy atom. The number of aromatic nitrogens is 2. The van der Waals surface area contributed by atoms with Crippen LogP contribution in [0, 0.1) is 0 Å². The third-order valence-electron chi connectivity index (χ3n) is 2.90. The minimum Gasteiger partial charge on any atom is -0.390 e. The zero-order valence-electron chi connectivity index (χ0n) is 9.15. The maximum atomic E-state index is 9.07. The van der Waals surface area contributed by atoms with Gasteiger partial charge in [0, 0.05) is 18.7 Å². The zero-order valence-corrected chi connectivity index (χ0v) is 9.96. The maximum absolute atomic E-state index is 9.07. The number of hydrogen-bond donors (Lipinski definition) is 1. The second kappa shape index (κ2) is 5.03. The average Bonchev–Trinajstić information content (AvgIpc) is 2.60. The molecular weight excluding hydrogens is 208 g/mol. The smallest absolute Gasteiger partial charge is 0.0849 e. The molecule has 0 spiro atoms. The van der Waals surface area contributed by atoms with Crippen LogP contribution in [0.2, 0.25) is 0 Å². The molecule has 84 valence electrons.